The lowest BCUT2D eigenvalue weighted by molar-refractivity contribution is 0.181. The van der Waals surface area contributed by atoms with Gasteiger partial charge in [0.1, 0.15) is 0 Å². The van der Waals surface area contributed by atoms with Crippen LogP contribution in [0.5, 0.6) is 0 Å². The third kappa shape index (κ3) is 2.02. The van der Waals surface area contributed by atoms with Gasteiger partial charge in [-0.2, -0.15) is 0 Å². The highest BCUT2D eigenvalue weighted by atomic mass is 16.5. The minimum absolute atomic E-state index is 0.598. The molecule has 0 radical (unpaired) electrons. The highest BCUT2D eigenvalue weighted by molar-refractivity contribution is 5.19. The van der Waals surface area contributed by atoms with Crippen LogP contribution < -0.4 is 0 Å². The Labute approximate surface area is 67.2 Å². The van der Waals surface area contributed by atoms with Crippen LogP contribution in [0.25, 0.3) is 0 Å². The van der Waals surface area contributed by atoms with Crippen LogP contribution in [0.4, 0.5) is 0 Å². The van der Waals surface area contributed by atoms with Gasteiger partial charge in [-0.3, -0.25) is 4.98 Å². The molecule has 60 valence electrons. The van der Waals surface area contributed by atoms with Crippen LogP contribution >= 0.6 is 0 Å². The van der Waals surface area contributed by atoms with E-state index in [1.165, 1.54) is 5.56 Å². The summed E-state index contributed by atoms with van der Waals surface area (Å²) in [5, 5.41) is 0. The Morgan fingerprint density at radius 2 is 2.09 bits per heavy atom. The summed E-state index contributed by atoms with van der Waals surface area (Å²) < 4.78 is 4.96. The Kier molecular flexibility index (Phi) is 2.60. The molecule has 0 saturated heterocycles. The van der Waals surface area contributed by atoms with Crippen molar-refractivity contribution in [1.82, 2.24) is 4.98 Å². The first kappa shape index (κ1) is 8.21. The zero-order chi connectivity index (χ0) is 8.27. The van der Waals surface area contributed by atoms with Crippen molar-refractivity contribution in [2.45, 2.75) is 20.5 Å². The minimum Gasteiger partial charge on any atom is -0.378 e. The fourth-order valence-electron chi connectivity index (χ4n) is 0.911. The van der Waals surface area contributed by atoms with Gasteiger partial charge in [-0.15, -0.1) is 0 Å². The van der Waals surface area contributed by atoms with Crippen LogP contribution in [-0.2, 0) is 11.3 Å². The summed E-state index contributed by atoms with van der Waals surface area (Å²) in [6.07, 6.45) is 0. The molecule has 1 heterocycles. The van der Waals surface area contributed by atoms with E-state index in [9.17, 15) is 0 Å². The Morgan fingerprint density at radius 1 is 1.36 bits per heavy atom. The highest BCUT2D eigenvalue weighted by Crippen LogP contribution is 2.05. The first-order valence-electron chi connectivity index (χ1n) is 3.66. The average Bonchev–Trinajstić information content (AvgIpc) is 1.98. The Hall–Kier alpha value is -0.890. The number of ether oxygens (including phenoxy) is 1. The Morgan fingerprint density at radius 3 is 2.64 bits per heavy atom. The zero-order valence-electron chi connectivity index (χ0n) is 7.22. The maximum atomic E-state index is 4.96. The molecule has 1 rings (SSSR count). The Balaban J connectivity index is 2.86. The van der Waals surface area contributed by atoms with E-state index >= 15 is 0 Å². The molecule has 0 saturated carbocycles. The van der Waals surface area contributed by atoms with Crippen molar-refractivity contribution in [3.63, 3.8) is 0 Å². The van der Waals surface area contributed by atoms with Gasteiger partial charge in [-0.05, 0) is 25.5 Å². The molecule has 0 amide bonds. The first-order chi connectivity index (χ1) is 5.24. The molecule has 2 heteroatoms. The van der Waals surface area contributed by atoms with E-state index in [1.807, 2.05) is 13.0 Å². The zero-order valence-corrected chi connectivity index (χ0v) is 7.22. The SMILES string of the molecule is COCc1ccc(C)c(C)n1. The van der Waals surface area contributed by atoms with Crippen molar-refractivity contribution in [1.29, 1.82) is 0 Å². The minimum atomic E-state index is 0.598. The normalized spacial score (nSPS) is 10.1. The largest absolute Gasteiger partial charge is 0.378 e. The molecule has 0 aliphatic carbocycles. The second kappa shape index (κ2) is 3.49. The fraction of sp³-hybridized carbons (Fsp3) is 0.444. The summed E-state index contributed by atoms with van der Waals surface area (Å²) in [6, 6.07) is 4.06. The number of rotatable bonds is 2. The molecular weight excluding hydrogens is 138 g/mol. The second-order valence-electron chi connectivity index (χ2n) is 2.64. The van der Waals surface area contributed by atoms with Gasteiger partial charge in [-0.25, -0.2) is 0 Å². The second-order valence-corrected chi connectivity index (χ2v) is 2.64. The number of aryl methyl sites for hydroxylation is 2. The monoisotopic (exact) mass is 151 g/mol. The third-order valence-electron chi connectivity index (χ3n) is 1.70. The summed E-state index contributed by atoms with van der Waals surface area (Å²) in [5.74, 6) is 0. The Bertz CT molecular complexity index is 245. The molecule has 1 aromatic rings. The predicted octanol–water partition coefficient (Wildman–Crippen LogP) is 1.84. The van der Waals surface area contributed by atoms with Gasteiger partial charge in [0.05, 0.1) is 12.3 Å². The highest BCUT2D eigenvalue weighted by Gasteiger charge is 1.95. The molecule has 0 aliphatic heterocycles. The topological polar surface area (TPSA) is 22.1 Å². The summed E-state index contributed by atoms with van der Waals surface area (Å²) in [4.78, 5) is 4.34. The van der Waals surface area contributed by atoms with Gasteiger partial charge in [0.25, 0.3) is 0 Å². The number of methoxy groups -OCH3 is 1. The number of aromatic nitrogens is 1. The molecule has 0 unspecified atom stereocenters. The number of pyridine rings is 1. The molecule has 0 aliphatic rings. The lowest BCUT2D eigenvalue weighted by atomic mass is 10.2. The first-order valence-corrected chi connectivity index (χ1v) is 3.66. The molecular formula is C9H13NO. The van der Waals surface area contributed by atoms with Crippen molar-refractivity contribution in [3.8, 4) is 0 Å². The molecule has 11 heavy (non-hydrogen) atoms. The molecule has 0 atom stereocenters. The fourth-order valence-corrected chi connectivity index (χ4v) is 0.911. The predicted molar refractivity (Wildman–Crippen MR) is 44.4 cm³/mol. The summed E-state index contributed by atoms with van der Waals surface area (Å²) in [6.45, 7) is 4.66. The van der Waals surface area contributed by atoms with Crippen molar-refractivity contribution in [3.05, 3.63) is 29.1 Å². The smallest absolute Gasteiger partial charge is 0.0884 e. The van der Waals surface area contributed by atoms with E-state index in [4.69, 9.17) is 4.74 Å². The van der Waals surface area contributed by atoms with E-state index < -0.39 is 0 Å². The van der Waals surface area contributed by atoms with Gasteiger partial charge in [0, 0.05) is 12.8 Å². The van der Waals surface area contributed by atoms with E-state index in [1.54, 1.807) is 7.11 Å². The molecule has 0 bridgehead atoms. The van der Waals surface area contributed by atoms with Crippen molar-refractivity contribution >= 4 is 0 Å². The van der Waals surface area contributed by atoms with E-state index in [0.29, 0.717) is 6.61 Å². The maximum Gasteiger partial charge on any atom is 0.0884 e. The number of hydrogen-bond donors (Lipinski definition) is 0. The lowest BCUT2D eigenvalue weighted by Crippen LogP contribution is -1.95. The standard InChI is InChI=1S/C9H13NO/c1-7-4-5-9(6-11-3)10-8(7)2/h4-5H,6H2,1-3H3. The molecule has 0 fully saturated rings. The molecule has 1 aromatic heterocycles. The average molecular weight is 151 g/mol. The molecule has 2 nitrogen and oxygen atoms in total. The summed E-state index contributed by atoms with van der Waals surface area (Å²) >= 11 is 0. The number of hydrogen-bond acceptors (Lipinski definition) is 2. The van der Waals surface area contributed by atoms with Crippen LogP contribution in [0.3, 0.4) is 0 Å². The summed E-state index contributed by atoms with van der Waals surface area (Å²) in [5.41, 5.74) is 3.31. The van der Waals surface area contributed by atoms with Crippen LogP contribution in [0.15, 0.2) is 12.1 Å². The molecule has 0 N–H and O–H groups in total. The van der Waals surface area contributed by atoms with Gasteiger partial charge >= 0.3 is 0 Å². The van der Waals surface area contributed by atoms with Crippen molar-refractivity contribution in [2.24, 2.45) is 0 Å². The van der Waals surface area contributed by atoms with Crippen molar-refractivity contribution in [2.75, 3.05) is 7.11 Å². The third-order valence-corrected chi connectivity index (χ3v) is 1.70. The lowest BCUT2D eigenvalue weighted by Gasteiger charge is -2.02. The van der Waals surface area contributed by atoms with E-state index in [2.05, 4.69) is 18.0 Å². The quantitative estimate of drug-likeness (QED) is 0.643. The van der Waals surface area contributed by atoms with Gasteiger partial charge in [0.15, 0.2) is 0 Å². The molecule has 0 spiro atoms. The maximum absolute atomic E-state index is 4.96. The number of nitrogens with zero attached hydrogens (tertiary/aromatic N) is 1. The van der Waals surface area contributed by atoms with Crippen LogP contribution in [0, 0.1) is 13.8 Å². The van der Waals surface area contributed by atoms with Gasteiger partial charge in [0.2, 0.25) is 0 Å². The van der Waals surface area contributed by atoms with Crippen molar-refractivity contribution < 1.29 is 4.74 Å². The summed E-state index contributed by atoms with van der Waals surface area (Å²) in [7, 11) is 1.68. The van der Waals surface area contributed by atoms with E-state index in [-0.39, 0.29) is 0 Å². The van der Waals surface area contributed by atoms with Crippen LogP contribution in [-0.4, -0.2) is 12.1 Å². The van der Waals surface area contributed by atoms with E-state index in [0.717, 1.165) is 11.4 Å². The van der Waals surface area contributed by atoms with Gasteiger partial charge in [-0.1, -0.05) is 6.07 Å². The van der Waals surface area contributed by atoms with Crippen LogP contribution in [0.1, 0.15) is 17.0 Å². The molecule has 0 aromatic carbocycles. The van der Waals surface area contributed by atoms with Crippen LogP contribution in [0.2, 0.25) is 0 Å². The van der Waals surface area contributed by atoms with Gasteiger partial charge < -0.3 is 4.74 Å².